The van der Waals surface area contributed by atoms with Crippen LogP contribution >= 0.6 is 11.3 Å². The first-order chi connectivity index (χ1) is 10.4. The summed E-state index contributed by atoms with van der Waals surface area (Å²) in [5, 5.41) is 5.67. The Labute approximate surface area is 130 Å². The van der Waals surface area contributed by atoms with Crippen molar-refractivity contribution in [3.8, 4) is 0 Å². The molecule has 2 aromatic rings. The maximum Gasteiger partial charge on any atom is 0.115 e. The Kier molecular flexibility index (Phi) is 5.32. The van der Waals surface area contributed by atoms with E-state index in [4.69, 9.17) is 0 Å². The molecule has 1 aliphatic heterocycles. The average molecular weight is 302 g/mol. The van der Waals surface area contributed by atoms with Crippen molar-refractivity contribution in [3.63, 3.8) is 0 Å². The molecule has 1 fully saturated rings. The smallest absolute Gasteiger partial charge is 0.115 e. The van der Waals surface area contributed by atoms with Gasteiger partial charge in [0.15, 0.2) is 0 Å². The van der Waals surface area contributed by atoms with Crippen LogP contribution in [0.3, 0.4) is 0 Å². The Bertz CT molecular complexity index is 506. The summed E-state index contributed by atoms with van der Waals surface area (Å²) in [6.07, 6.45) is 9.22. The molecule has 1 N–H and O–H groups in total. The van der Waals surface area contributed by atoms with Crippen molar-refractivity contribution >= 4 is 11.3 Å². The summed E-state index contributed by atoms with van der Waals surface area (Å²) >= 11 is 1.84. The summed E-state index contributed by atoms with van der Waals surface area (Å²) in [6, 6.07) is 5.01. The molecule has 3 heterocycles. The number of hydrogen-bond acceptors (Lipinski definition) is 5. The summed E-state index contributed by atoms with van der Waals surface area (Å²) in [6.45, 7) is 4.23. The normalized spacial score (nSPS) is 19.6. The maximum absolute atomic E-state index is 4.15. The lowest BCUT2D eigenvalue weighted by molar-refractivity contribution is 0.165. The molecule has 0 spiro atoms. The number of nitrogens with one attached hydrogen (secondary N) is 1. The summed E-state index contributed by atoms with van der Waals surface area (Å²) < 4.78 is 0. The quantitative estimate of drug-likeness (QED) is 0.922. The molecule has 4 nitrogen and oxygen atoms in total. The molecule has 1 aliphatic rings. The zero-order valence-corrected chi connectivity index (χ0v) is 13.1. The Morgan fingerprint density at radius 1 is 1.19 bits per heavy atom. The van der Waals surface area contributed by atoms with Crippen molar-refractivity contribution in [1.82, 2.24) is 20.2 Å². The highest BCUT2D eigenvalue weighted by Crippen LogP contribution is 2.21. The highest BCUT2D eigenvalue weighted by molar-refractivity contribution is 7.09. The van der Waals surface area contributed by atoms with E-state index in [0.717, 1.165) is 26.2 Å². The molecular weight excluding hydrogens is 280 g/mol. The third kappa shape index (κ3) is 4.33. The van der Waals surface area contributed by atoms with Crippen LogP contribution in [0.5, 0.6) is 0 Å². The van der Waals surface area contributed by atoms with Gasteiger partial charge in [-0.05, 0) is 43.8 Å². The molecule has 0 amide bonds. The lowest BCUT2D eigenvalue weighted by atomic mass is 10.1. The van der Waals surface area contributed by atoms with E-state index < -0.39 is 0 Å². The number of aromatic nitrogens is 2. The predicted octanol–water partition coefficient (Wildman–Crippen LogP) is 2.68. The monoisotopic (exact) mass is 302 g/mol. The van der Waals surface area contributed by atoms with Crippen molar-refractivity contribution in [2.75, 3.05) is 13.1 Å². The molecule has 1 unspecified atom stereocenters. The van der Waals surface area contributed by atoms with Crippen LogP contribution in [0.15, 0.2) is 36.2 Å². The largest absolute Gasteiger partial charge is 0.317 e. The van der Waals surface area contributed by atoms with Crippen LogP contribution < -0.4 is 5.32 Å². The van der Waals surface area contributed by atoms with Gasteiger partial charge in [-0.15, -0.1) is 11.3 Å². The molecule has 0 bridgehead atoms. The first-order valence-corrected chi connectivity index (χ1v) is 8.51. The van der Waals surface area contributed by atoms with E-state index in [1.807, 2.05) is 23.7 Å². The van der Waals surface area contributed by atoms with Gasteiger partial charge in [0, 0.05) is 42.0 Å². The lowest BCUT2D eigenvalue weighted by Crippen LogP contribution is -2.35. The molecule has 1 saturated heterocycles. The second kappa shape index (κ2) is 7.64. The van der Waals surface area contributed by atoms with Crippen LogP contribution in [0.2, 0.25) is 0 Å². The van der Waals surface area contributed by atoms with Crippen molar-refractivity contribution in [1.29, 1.82) is 0 Å². The zero-order chi connectivity index (χ0) is 14.3. The molecule has 3 rings (SSSR count). The van der Waals surface area contributed by atoms with Crippen molar-refractivity contribution in [3.05, 3.63) is 46.7 Å². The van der Waals surface area contributed by atoms with Gasteiger partial charge in [0.25, 0.3) is 0 Å². The summed E-state index contributed by atoms with van der Waals surface area (Å²) in [5.74, 6) is 0. The molecule has 1 atom stereocenters. The first-order valence-electron chi connectivity index (χ1n) is 7.63. The van der Waals surface area contributed by atoms with Crippen molar-refractivity contribution in [2.24, 2.45) is 0 Å². The molecule has 21 heavy (non-hydrogen) atoms. The highest BCUT2D eigenvalue weighted by atomic mass is 32.1. The fraction of sp³-hybridized carbons (Fsp3) is 0.500. The molecule has 0 saturated carbocycles. The maximum atomic E-state index is 4.15. The number of hydrogen-bond donors (Lipinski definition) is 1. The third-order valence-corrected chi connectivity index (χ3v) is 4.86. The van der Waals surface area contributed by atoms with Crippen LogP contribution in [0.25, 0.3) is 0 Å². The Morgan fingerprint density at radius 3 is 2.90 bits per heavy atom. The van der Waals surface area contributed by atoms with Gasteiger partial charge in [-0.1, -0.05) is 6.07 Å². The van der Waals surface area contributed by atoms with Gasteiger partial charge in [-0.3, -0.25) is 4.90 Å². The molecule has 0 radical (unpaired) electrons. The van der Waals surface area contributed by atoms with Gasteiger partial charge < -0.3 is 5.32 Å². The molecule has 5 heteroatoms. The van der Waals surface area contributed by atoms with E-state index in [1.165, 1.54) is 29.7 Å². The summed E-state index contributed by atoms with van der Waals surface area (Å²) in [7, 11) is 0. The average Bonchev–Trinajstić information content (AvgIpc) is 2.87. The van der Waals surface area contributed by atoms with Crippen LogP contribution in [-0.2, 0) is 13.1 Å². The molecule has 112 valence electrons. The molecular formula is C16H22N4S. The Balaban J connectivity index is 1.72. The van der Waals surface area contributed by atoms with Gasteiger partial charge in [-0.25, -0.2) is 9.97 Å². The second-order valence-electron chi connectivity index (χ2n) is 5.57. The number of rotatable bonds is 5. The topological polar surface area (TPSA) is 41.1 Å². The van der Waals surface area contributed by atoms with Crippen LogP contribution in [-0.4, -0.2) is 34.0 Å². The van der Waals surface area contributed by atoms with Gasteiger partial charge in [0.05, 0.1) is 0 Å². The Hall–Kier alpha value is -1.30. The minimum Gasteiger partial charge on any atom is -0.317 e. The van der Waals surface area contributed by atoms with E-state index >= 15 is 0 Å². The molecule has 0 aliphatic carbocycles. The van der Waals surface area contributed by atoms with Crippen molar-refractivity contribution < 1.29 is 0 Å². The summed E-state index contributed by atoms with van der Waals surface area (Å²) in [4.78, 5) is 12.3. The molecule has 0 aromatic carbocycles. The molecule has 2 aromatic heterocycles. The minimum absolute atomic E-state index is 0.641. The van der Waals surface area contributed by atoms with E-state index in [9.17, 15) is 0 Å². The van der Waals surface area contributed by atoms with Crippen LogP contribution in [0, 0.1) is 0 Å². The van der Waals surface area contributed by atoms with Crippen LogP contribution in [0.4, 0.5) is 0 Å². The SMILES string of the molecule is c1csc(CN(Cc2cncnc2)C2CCCNCC2)c1. The lowest BCUT2D eigenvalue weighted by Gasteiger charge is -2.30. The standard InChI is InChI=1S/C16H22N4S/c1-3-15(5-7-17-6-1)20(12-16-4-2-8-21-16)11-14-9-18-13-19-10-14/h2,4,8-10,13,15,17H,1,3,5-7,11-12H2. The van der Waals surface area contributed by atoms with Gasteiger partial charge >= 0.3 is 0 Å². The third-order valence-electron chi connectivity index (χ3n) is 4.00. The zero-order valence-electron chi connectivity index (χ0n) is 12.2. The van der Waals surface area contributed by atoms with E-state index in [2.05, 4.69) is 37.7 Å². The van der Waals surface area contributed by atoms with Gasteiger partial charge in [-0.2, -0.15) is 0 Å². The predicted molar refractivity (Wildman–Crippen MR) is 86.1 cm³/mol. The van der Waals surface area contributed by atoms with Crippen LogP contribution in [0.1, 0.15) is 29.7 Å². The fourth-order valence-electron chi connectivity index (χ4n) is 2.93. The van der Waals surface area contributed by atoms with E-state index in [0.29, 0.717) is 6.04 Å². The van der Waals surface area contributed by atoms with E-state index in [-0.39, 0.29) is 0 Å². The Morgan fingerprint density at radius 2 is 2.10 bits per heavy atom. The second-order valence-corrected chi connectivity index (χ2v) is 6.60. The fourth-order valence-corrected chi connectivity index (χ4v) is 3.66. The van der Waals surface area contributed by atoms with Gasteiger partial charge in [0.1, 0.15) is 6.33 Å². The van der Waals surface area contributed by atoms with Crippen molar-refractivity contribution in [2.45, 2.75) is 38.4 Å². The highest BCUT2D eigenvalue weighted by Gasteiger charge is 2.21. The minimum atomic E-state index is 0.641. The number of nitrogens with zero attached hydrogens (tertiary/aromatic N) is 3. The first kappa shape index (κ1) is 14.6. The summed E-state index contributed by atoms with van der Waals surface area (Å²) in [5.41, 5.74) is 1.20. The van der Waals surface area contributed by atoms with E-state index in [1.54, 1.807) is 6.33 Å². The van der Waals surface area contributed by atoms with Gasteiger partial charge in [0.2, 0.25) is 0 Å². The number of thiophene rings is 1.